The van der Waals surface area contributed by atoms with Gasteiger partial charge in [-0.25, -0.2) is 4.98 Å². The molecule has 4 heterocycles. The van der Waals surface area contributed by atoms with Crippen molar-refractivity contribution in [2.45, 2.75) is 44.7 Å². The summed E-state index contributed by atoms with van der Waals surface area (Å²) < 4.78 is 0. The summed E-state index contributed by atoms with van der Waals surface area (Å²) in [6.45, 7) is 11.6. The van der Waals surface area contributed by atoms with E-state index in [0.29, 0.717) is 6.04 Å². The standard InChI is InChI=1S/C26H34N6/c1-3-5-13-32-15-11-21-20-8-6-7-9-22(20)30-25(21)26(32)23-16-28-24(17-27-23)29-19-10-14-31(18-19)12-4-2/h3,6-9,16-17,19,26,30H,1,4-5,10-15,18H2,2H3,(H,28,29)/t19-,26+/m0/s1. The number of benzene rings is 1. The summed E-state index contributed by atoms with van der Waals surface area (Å²) in [5.74, 6) is 0.877. The summed E-state index contributed by atoms with van der Waals surface area (Å²) in [6.07, 6.45) is 10.3. The van der Waals surface area contributed by atoms with Crippen LogP contribution in [0.25, 0.3) is 10.9 Å². The molecule has 0 saturated carbocycles. The Morgan fingerprint density at radius 3 is 2.91 bits per heavy atom. The van der Waals surface area contributed by atoms with E-state index in [4.69, 9.17) is 9.97 Å². The van der Waals surface area contributed by atoms with Gasteiger partial charge in [-0.3, -0.25) is 9.88 Å². The van der Waals surface area contributed by atoms with Crippen LogP contribution in [0.15, 0.2) is 49.3 Å². The fourth-order valence-electron chi connectivity index (χ4n) is 5.36. The summed E-state index contributed by atoms with van der Waals surface area (Å²) in [5, 5.41) is 4.93. The second-order valence-corrected chi connectivity index (χ2v) is 9.09. The van der Waals surface area contributed by atoms with Gasteiger partial charge in [0.15, 0.2) is 0 Å². The van der Waals surface area contributed by atoms with Crippen molar-refractivity contribution in [2.75, 3.05) is 38.0 Å². The molecule has 0 aliphatic carbocycles. The Balaban J connectivity index is 1.39. The molecule has 168 valence electrons. The Hall–Kier alpha value is -2.70. The van der Waals surface area contributed by atoms with E-state index in [1.807, 2.05) is 18.5 Å². The SMILES string of the molecule is C=CCCN1CCc2c([nH]c3ccccc23)[C@H]1c1cnc(N[C@H]2CCN(CCC)C2)cn1. The molecule has 6 heteroatoms. The van der Waals surface area contributed by atoms with Crippen LogP contribution in [0.3, 0.4) is 0 Å². The monoisotopic (exact) mass is 430 g/mol. The van der Waals surface area contributed by atoms with Crippen molar-refractivity contribution in [2.24, 2.45) is 0 Å². The lowest BCUT2D eigenvalue weighted by Crippen LogP contribution is -2.37. The molecule has 2 aliphatic heterocycles. The van der Waals surface area contributed by atoms with E-state index in [2.05, 4.69) is 57.9 Å². The molecule has 0 unspecified atom stereocenters. The van der Waals surface area contributed by atoms with E-state index >= 15 is 0 Å². The van der Waals surface area contributed by atoms with E-state index in [9.17, 15) is 0 Å². The van der Waals surface area contributed by atoms with Crippen molar-refractivity contribution in [3.8, 4) is 0 Å². The van der Waals surface area contributed by atoms with Crippen LogP contribution in [0.1, 0.15) is 49.2 Å². The number of nitrogens with one attached hydrogen (secondary N) is 2. The zero-order valence-electron chi connectivity index (χ0n) is 19.1. The number of likely N-dealkylation sites (tertiary alicyclic amines) is 1. The van der Waals surface area contributed by atoms with E-state index in [-0.39, 0.29) is 6.04 Å². The quantitative estimate of drug-likeness (QED) is 0.520. The molecule has 0 amide bonds. The summed E-state index contributed by atoms with van der Waals surface area (Å²) in [4.78, 5) is 18.4. The van der Waals surface area contributed by atoms with Crippen LogP contribution in [0.5, 0.6) is 0 Å². The number of aromatic amines is 1. The van der Waals surface area contributed by atoms with Gasteiger partial charge >= 0.3 is 0 Å². The highest BCUT2D eigenvalue weighted by molar-refractivity contribution is 5.85. The van der Waals surface area contributed by atoms with Gasteiger partial charge in [-0.1, -0.05) is 31.2 Å². The first-order chi connectivity index (χ1) is 15.8. The van der Waals surface area contributed by atoms with Crippen molar-refractivity contribution < 1.29 is 0 Å². The lowest BCUT2D eigenvalue weighted by atomic mass is 9.95. The number of rotatable bonds is 8. The first-order valence-corrected chi connectivity index (χ1v) is 12.0. The first-order valence-electron chi connectivity index (χ1n) is 12.0. The van der Waals surface area contributed by atoms with Gasteiger partial charge in [-0.2, -0.15) is 0 Å². The molecule has 6 nitrogen and oxygen atoms in total. The molecule has 1 saturated heterocycles. The molecule has 0 radical (unpaired) electrons. The van der Waals surface area contributed by atoms with Crippen molar-refractivity contribution in [1.29, 1.82) is 0 Å². The van der Waals surface area contributed by atoms with Crippen LogP contribution >= 0.6 is 0 Å². The van der Waals surface area contributed by atoms with Crippen LogP contribution in [-0.2, 0) is 6.42 Å². The van der Waals surface area contributed by atoms with Gasteiger partial charge in [0.25, 0.3) is 0 Å². The minimum absolute atomic E-state index is 0.0965. The van der Waals surface area contributed by atoms with Gasteiger partial charge in [0.2, 0.25) is 0 Å². The number of aromatic nitrogens is 3. The van der Waals surface area contributed by atoms with Gasteiger partial charge in [-0.15, -0.1) is 6.58 Å². The third-order valence-electron chi connectivity index (χ3n) is 6.87. The average Bonchev–Trinajstić information content (AvgIpc) is 3.42. The zero-order valence-corrected chi connectivity index (χ0v) is 19.1. The predicted molar refractivity (Wildman–Crippen MR) is 131 cm³/mol. The number of para-hydroxylation sites is 1. The molecule has 2 N–H and O–H groups in total. The fraction of sp³-hybridized carbons (Fsp3) is 0.462. The Bertz CT molecular complexity index is 1060. The molecule has 32 heavy (non-hydrogen) atoms. The molecule has 2 aliphatic rings. The maximum atomic E-state index is 4.90. The number of fused-ring (bicyclic) bond motifs is 3. The Morgan fingerprint density at radius 2 is 2.09 bits per heavy atom. The third kappa shape index (κ3) is 4.17. The van der Waals surface area contributed by atoms with Gasteiger partial charge < -0.3 is 15.2 Å². The van der Waals surface area contributed by atoms with Crippen molar-refractivity contribution in [1.82, 2.24) is 24.8 Å². The molecular formula is C26H34N6. The molecule has 2 atom stereocenters. The maximum absolute atomic E-state index is 4.90. The number of H-pyrrole nitrogens is 1. The number of hydrogen-bond acceptors (Lipinski definition) is 5. The third-order valence-corrected chi connectivity index (χ3v) is 6.87. The minimum atomic E-state index is 0.0965. The van der Waals surface area contributed by atoms with Crippen LogP contribution in [0.2, 0.25) is 0 Å². The number of hydrogen-bond donors (Lipinski definition) is 2. The zero-order chi connectivity index (χ0) is 21.9. The molecule has 3 aromatic rings. The van der Waals surface area contributed by atoms with E-state index < -0.39 is 0 Å². The van der Waals surface area contributed by atoms with Crippen molar-refractivity contribution >= 4 is 16.7 Å². The molecule has 0 bridgehead atoms. The van der Waals surface area contributed by atoms with Gasteiger partial charge in [0.05, 0.1) is 24.1 Å². The highest BCUT2D eigenvalue weighted by atomic mass is 15.2. The maximum Gasteiger partial charge on any atom is 0.144 e. The van der Waals surface area contributed by atoms with Crippen LogP contribution in [-0.4, -0.2) is 63.5 Å². The smallest absolute Gasteiger partial charge is 0.144 e. The summed E-state index contributed by atoms with van der Waals surface area (Å²) >= 11 is 0. The summed E-state index contributed by atoms with van der Waals surface area (Å²) in [6, 6.07) is 9.17. The largest absolute Gasteiger partial charge is 0.365 e. The van der Waals surface area contributed by atoms with E-state index in [0.717, 1.165) is 44.0 Å². The fourth-order valence-corrected chi connectivity index (χ4v) is 5.36. The predicted octanol–water partition coefficient (Wildman–Crippen LogP) is 4.38. The lowest BCUT2D eigenvalue weighted by Gasteiger charge is -2.35. The van der Waals surface area contributed by atoms with E-state index in [1.165, 1.54) is 48.1 Å². The highest BCUT2D eigenvalue weighted by Crippen LogP contribution is 2.37. The van der Waals surface area contributed by atoms with Crippen LogP contribution in [0.4, 0.5) is 5.82 Å². The topological polar surface area (TPSA) is 60.1 Å². The molecule has 1 fully saturated rings. The Labute approximate surface area is 190 Å². The molecule has 0 spiro atoms. The lowest BCUT2D eigenvalue weighted by molar-refractivity contribution is 0.211. The normalized spacial score (nSPS) is 21.7. The number of nitrogens with zero attached hydrogens (tertiary/aromatic N) is 4. The van der Waals surface area contributed by atoms with Gasteiger partial charge in [-0.05, 0) is 43.9 Å². The molecule has 5 rings (SSSR count). The number of anilines is 1. The van der Waals surface area contributed by atoms with Crippen LogP contribution < -0.4 is 5.32 Å². The summed E-state index contributed by atoms with van der Waals surface area (Å²) in [5.41, 5.74) is 4.90. The van der Waals surface area contributed by atoms with Gasteiger partial charge in [0, 0.05) is 48.8 Å². The molecule has 1 aromatic carbocycles. The minimum Gasteiger partial charge on any atom is -0.365 e. The molecule has 2 aromatic heterocycles. The highest BCUT2D eigenvalue weighted by Gasteiger charge is 2.32. The van der Waals surface area contributed by atoms with Crippen LogP contribution in [0, 0.1) is 0 Å². The average molecular weight is 431 g/mol. The second-order valence-electron chi connectivity index (χ2n) is 9.09. The Kier molecular flexibility index (Phi) is 6.23. The van der Waals surface area contributed by atoms with Crippen molar-refractivity contribution in [3.63, 3.8) is 0 Å². The van der Waals surface area contributed by atoms with Crippen molar-refractivity contribution in [3.05, 3.63) is 66.3 Å². The second kappa shape index (κ2) is 9.43. The Morgan fingerprint density at radius 1 is 1.19 bits per heavy atom. The van der Waals surface area contributed by atoms with Gasteiger partial charge in [0.1, 0.15) is 5.82 Å². The first kappa shape index (κ1) is 21.2. The molecular weight excluding hydrogens is 396 g/mol. The van der Waals surface area contributed by atoms with E-state index in [1.54, 1.807) is 0 Å². The summed E-state index contributed by atoms with van der Waals surface area (Å²) in [7, 11) is 0.